The van der Waals surface area contributed by atoms with Gasteiger partial charge in [-0.1, -0.05) is 23.2 Å². The topological polar surface area (TPSA) is 12.0 Å². The molecule has 1 N–H and O–H groups in total. The predicted octanol–water partition coefficient (Wildman–Crippen LogP) is 3.43. The van der Waals surface area contributed by atoms with Crippen molar-refractivity contribution in [2.75, 3.05) is 11.9 Å². The SMILES string of the molecule is C#CCCNc1cc(Cl)cc(Cl)c1. The Kier molecular flexibility index (Phi) is 3.95. The molecule has 0 spiro atoms. The lowest BCUT2D eigenvalue weighted by atomic mass is 10.3. The summed E-state index contributed by atoms with van der Waals surface area (Å²) in [5.41, 5.74) is 0.896. The molecular formula is C10H9Cl2N. The zero-order chi connectivity index (χ0) is 9.68. The molecule has 0 atom stereocenters. The largest absolute Gasteiger partial charge is 0.384 e. The molecule has 0 bridgehead atoms. The maximum Gasteiger partial charge on any atom is 0.0441 e. The lowest BCUT2D eigenvalue weighted by Crippen LogP contribution is -1.99. The molecule has 0 aromatic heterocycles. The van der Waals surface area contributed by atoms with Crippen LogP contribution in [0.2, 0.25) is 10.0 Å². The molecule has 0 saturated carbocycles. The maximum atomic E-state index is 5.80. The number of hydrogen-bond donors (Lipinski definition) is 1. The van der Waals surface area contributed by atoms with Gasteiger partial charge in [0, 0.05) is 28.7 Å². The van der Waals surface area contributed by atoms with Gasteiger partial charge in [0.25, 0.3) is 0 Å². The van der Waals surface area contributed by atoms with E-state index in [1.54, 1.807) is 6.07 Å². The number of halogens is 2. The van der Waals surface area contributed by atoms with Crippen LogP contribution in [-0.4, -0.2) is 6.54 Å². The van der Waals surface area contributed by atoms with E-state index in [9.17, 15) is 0 Å². The minimum absolute atomic E-state index is 0.621. The summed E-state index contributed by atoms with van der Waals surface area (Å²) >= 11 is 11.6. The van der Waals surface area contributed by atoms with Crippen LogP contribution in [0.5, 0.6) is 0 Å². The third-order valence-electron chi connectivity index (χ3n) is 1.46. The second-order valence-corrected chi connectivity index (χ2v) is 3.41. The third kappa shape index (κ3) is 3.59. The van der Waals surface area contributed by atoms with Crippen molar-refractivity contribution in [3.63, 3.8) is 0 Å². The minimum atomic E-state index is 0.621. The standard InChI is InChI=1S/C10H9Cl2N/c1-2-3-4-13-10-6-8(11)5-9(12)7-10/h1,5-7,13H,3-4H2. The Hall–Kier alpha value is -0.840. The van der Waals surface area contributed by atoms with Gasteiger partial charge < -0.3 is 5.32 Å². The highest BCUT2D eigenvalue weighted by Gasteiger charge is 1.96. The van der Waals surface area contributed by atoms with Crippen LogP contribution in [0.1, 0.15) is 6.42 Å². The first kappa shape index (κ1) is 10.2. The van der Waals surface area contributed by atoms with E-state index in [0.717, 1.165) is 12.2 Å². The van der Waals surface area contributed by atoms with Crippen molar-refractivity contribution in [3.05, 3.63) is 28.2 Å². The van der Waals surface area contributed by atoms with E-state index in [0.29, 0.717) is 16.5 Å². The molecule has 0 heterocycles. The van der Waals surface area contributed by atoms with Crippen molar-refractivity contribution in [3.8, 4) is 12.3 Å². The van der Waals surface area contributed by atoms with Crippen LogP contribution in [0.4, 0.5) is 5.69 Å². The average molecular weight is 214 g/mol. The van der Waals surface area contributed by atoms with Crippen molar-refractivity contribution in [2.24, 2.45) is 0 Å². The second kappa shape index (κ2) is 5.01. The van der Waals surface area contributed by atoms with Crippen LogP contribution in [0.3, 0.4) is 0 Å². The second-order valence-electron chi connectivity index (χ2n) is 2.54. The quantitative estimate of drug-likeness (QED) is 0.600. The van der Waals surface area contributed by atoms with Crippen LogP contribution >= 0.6 is 23.2 Å². The Morgan fingerprint density at radius 1 is 1.23 bits per heavy atom. The van der Waals surface area contributed by atoms with Crippen molar-refractivity contribution < 1.29 is 0 Å². The predicted molar refractivity (Wildman–Crippen MR) is 58.4 cm³/mol. The average Bonchev–Trinajstić information content (AvgIpc) is 2.03. The zero-order valence-corrected chi connectivity index (χ0v) is 8.49. The number of nitrogens with one attached hydrogen (secondary N) is 1. The summed E-state index contributed by atoms with van der Waals surface area (Å²) in [4.78, 5) is 0. The van der Waals surface area contributed by atoms with Crippen molar-refractivity contribution in [2.45, 2.75) is 6.42 Å². The van der Waals surface area contributed by atoms with Gasteiger partial charge in [-0.25, -0.2) is 0 Å². The van der Waals surface area contributed by atoms with E-state index >= 15 is 0 Å². The van der Waals surface area contributed by atoms with Gasteiger partial charge in [0.2, 0.25) is 0 Å². The molecule has 0 aliphatic rings. The number of hydrogen-bond acceptors (Lipinski definition) is 1. The molecule has 0 fully saturated rings. The summed E-state index contributed by atoms with van der Waals surface area (Å²) in [6.45, 7) is 0.729. The van der Waals surface area contributed by atoms with Crippen molar-refractivity contribution in [1.82, 2.24) is 0 Å². The molecule has 3 heteroatoms. The lowest BCUT2D eigenvalue weighted by Gasteiger charge is -2.04. The van der Waals surface area contributed by atoms with Crippen molar-refractivity contribution >= 4 is 28.9 Å². The summed E-state index contributed by atoms with van der Waals surface area (Å²) in [7, 11) is 0. The van der Waals surface area contributed by atoms with Gasteiger partial charge in [0.1, 0.15) is 0 Å². The number of terminal acetylenes is 1. The summed E-state index contributed by atoms with van der Waals surface area (Å²) in [6.07, 6.45) is 5.79. The first-order valence-corrected chi connectivity index (χ1v) is 4.61. The maximum absolute atomic E-state index is 5.80. The third-order valence-corrected chi connectivity index (χ3v) is 1.90. The highest BCUT2D eigenvalue weighted by atomic mass is 35.5. The number of anilines is 1. The molecule has 0 radical (unpaired) electrons. The van der Waals surface area contributed by atoms with Gasteiger partial charge in [-0.3, -0.25) is 0 Å². The fourth-order valence-corrected chi connectivity index (χ4v) is 1.46. The molecule has 1 rings (SSSR count). The number of rotatable bonds is 3. The summed E-state index contributed by atoms with van der Waals surface area (Å²) in [6, 6.07) is 5.31. The van der Waals surface area contributed by atoms with Crippen LogP contribution in [-0.2, 0) is 0 Å². The zero-order valence-electron chi connectivity index (χ0n) is 6.98. The van der Waals surface area contributed by atoms with Gasteiger partial charge in [-0.2, -0.15) is 0 Å². The summed E-state index contributed by atoms with van der Waals surface area (Å²) in [5.74, 6) is 2.54. The Morgan fingerprint density at radius 2 is 1.85 bits per heavy atom. The molecule has 13 heavy (non-hydrogen) atoms. The Balaban J connectivity index is 2.62. The molecule has 1 aromatic carbocycles. The highest BCUT2D eigenvalue weighted by molar-refractivity contribution is 6.35. The Morgan fingerprint density at radius 3 is 2.38 bits per heavy atom. The van der Waals surface area contributed by atoms with Crippen LogP contribution < -0.4 is 5.32 Å². The van der Waals surface area contributed by atoms with E-state index in [2.05, 4.69) is 11.2 Å². The van der Waals surface area contributed by atoms with Crippen molar-refractivity contribution in [1.29, 1.82) is 0 Å². The molecule has 0 unspecified atom stereocenters. The van der Waals surface area contributed by atoms with Gasteiger partial charge in [-0.05, 0) is 18.2 Å². The van der Waals surface area contributed by atoms with Gasteiger partial charge in [0.15, 0.2) is 0 Å². The molecule has 0 aliphatic heterocycles. The molecule has 0 aliphatic carbocycles. The number of benzene rings is 1. The molecule has 68 valence electrons. The first-order valence-electron chi connectivity index (χ1n) is 3.86. The normalized spacial score (nSPS) is 9.31. The fourth-order valence-electron chi connectivity index (χ4n) is 0.935. The van der Waals surface area contributed by atoms with E-state index in [-0.39, 0.29) is 0 Å². The van der Waals surface area contributed by atoms with Gasteiger partial charge in [-0.15, -0.1) is 12.3 Å². The molecule has 0 saturated heterocycles. The summed E-state index contributed by atoms with van der Waals surface area (Å²) in [5, 5.41) is 4.36. The molecule has 0 amide bonds. The monoisotopic (exact) mass is 213 g/mol. The first-order chi connectivity index (χ1) is 6.22. The van der Waals surface area contributed by atoms with Gasteiger partial charge in [0.05, 0.1) is 0 Å². The smallest absolute Gasteiger partial charge is 0.0441 e. The van der Waals surface area contributed by atoms with E-state index in [1.807, 2.05) is 12.1 Å². The minimum Gasteiger partial charge on any atom is -0.384 e. The van der Waals surface area contributed by atoms with E-state index in [1.165, 1.54) is 0 Å². The van der Waals surface area contributed by atoms with E-state index in [4.69, 9.17) is 29.6 Å². The Bertz CT molecular complexity index is 308. The molecule has 1 aromatic rings. The fraction of sp³-hybridized carbons (Fsp3) is 0.200. The van der Waals surface area contributed by atoms with Crippen LogP contribution in [0.15, 0.2) is 18.2 Å². The van der Waals surface area contributed by atoms with Crippen LogP contribution in [0.25, 0.3) is 0 Å². The van der Waals surface area contributed by atoms with Crippen LogP contribution in [0, 0.1) is 12.3 Å². The van der Waals surface area contributed by atoms with E-state index < -0.39 is 0 Å². The molecule has 1 nitrogen and oxygen atoms in total. The highest BCUT2D eigenvalue weighted by Crippen LogP contribution is 2.22. The lowest BCUT2D eigenvalue weighted by molar-refractivity contribution is 1.10. The summed E-state index contributed by atoms with van der Waals surface area (Å²) < 4.78 is 0. The molecular weight excluding hydrogens is 205 g/mol. The Labute approximate surface area is 88.0 Å². The van der Waals surface area contributed by atoms with Gasteiger partial charge >= 0.3 is 0 Å².